The highest BCUT2D eigenvalue weighted by molar-refractivity contribution is 6.29. The second kappa shape index (κ2) is 3.85. The zero-order valence-corrected chi connectivity index (χ0v) is 9.85. The first-order chi connectivity index (χ1) is 8.28. The Bertz CT molecular complexity index is 673. The van der Waals surface area contributed by atoms with Crippen molar-refractivity contribution in [3.8, 4) is 11.6 Å². The summed E-state index contributed by atoms with van der Waals surface area (Å²) in [5, 5.41) is 12.6. The molecule has 3 rings (SSSR count). The predicted octanol–water partition coefficient (Wildman–Crippen LogP) is 2.60. The van der Waals surface area contributed by atoms with Crippen LogP contribution >= 0.6 is 11.6 Å². The van der Waals surface area contributed by atoms with Crippen LogP contribution in [0.15, 0.2) is 28.7 Å². The van der Waals surface area contributed by atoms with Crippen LogP contribution in [0.25, 0.3) is 17.2 Å². The van der Waals surface area contributed by atoms with E-state index in [0.717, 1.165) is 12.2 Å². The molecule has 3 aromatic rings. The fourth-order valence-electron chi connectivity index (χ4n) is 1.61. The van der Waals surface area contributed by atoms with Gasteiger partial charge in [-0.25, -0.2) is 0 Å². The minimum atomic E-state index is 0.390. The van der Waals surface area contributed by atoms with Crippen molar-refractivity contribution in [3.05, 3.63) is 35.2 Å². The van der Waals surface area contributed by atoms with Gasteiger partial charge in [-0.1, -0.05) is 18.5 Å². The highest BCUT2D eigenvalue weighted by Crippen LogP contribution is 2.21. The molecule has 6 heteroatoms. The molecule has 0 spiro atoms. The van der Waals surface area contributed by atoms with Gasteiger partial charge in [-0.15, -0.1) is 10.2 Å². The van der Waals surface area contributed by atoms with Gasteiger partial charge in [0.15, 0.2) is 11.4 Å². The molecule has 0 atom stereocenters. The molecule has 0 unspecified atom stereocenters. The number of aryl methyl sites for hydroxylation is 1. The summed E-state index contributed by atoms with van der Waals surface area (Å²) in [4.78, 5) is 0. The van der Waals surface area contributed by atoms with Crippen LogP contribution in [0.1, 0.15) is 12.7 Å². The minimum absolute atomic E-state index is 0.390. The van der Waals surface area contributed by atoms with Crippen LogP contribution in [0, 0.1) is 0 Å². The molecule has 0 fully saturated rings. The third-order valence-electron chi connectivity index (χ3n) is 2.46. The largest absolute Gasteiger partial charge is 0.458 e. The summed E-state index contributed by atoms with van der Waals surface area (Å²) >= 11 is 5.85. The number of fused-ring (bicyclic) bond motifs is 1. The Hall–Kier alpha value is -1.88. The average Bonchev–Trinajstić information content (AvgIpc) is 2.93. The molecule has 17 heavy (non-hydrogen) atoms. The van der Waals surface area contributed by atoms with E-state index >= 15 is 0 Å². The van der Waals surface area contributed by atoms with Gasteiger partial charge in [0.1, 0.15) is 10.9 Å². The van der Waals surface area contributed by atoms with E-state index in [2.05, 4.69) is 15.3 Å². The van der Waals surface area contributed by atoms with E-state index in [-0.39, 0.29) is 0 Å². The lowest BCUT2D eigenvalue weighted by atomic mass is 10.3. The Balaban J connectivity index is 2.19. The first kappa shape index (κ1) is 10.3. The molecule has 0 aliphatic rings. The van der Waals surface area contributed by atoms with Crippen molar-refractivity contribution in [2.24, 2.45) is 0 Å². The first-order valence-corrected chi connectivity index (χ1v) is 5.63. The lowest BCUT2D eigenvalue weighted by Gasteiger charge is -1.95. The van der Waals surface area contributed by atoms with Crippen molar-refractivity contribution >= 4 is 17.2 Å². The summed E-state index contributed by atoms with van der Waals surface area (Å²) in [6, 6.07) is 7.21. The second-order valence-electron chi connectivity index (χ2n) is 3.57. The summed E-state index contributed by atoms with van der Waals surface area (Å²) in [5.41, 5.74) is 0.638. The van der Waals surface area contributed by atoms with Gasteiger partial charge in [0.25, 0.3) is 0 Å². The number of aromatic nitrogens is 4. The molecule has 0 aliphatic heterocycles. The van der Waals surface area contributed by atoms with Crippen molar-refractivity contribution in [2.45, 2.75) is 13.3 Å². The molecule has 0 aromatic carbocycles. The third-order valence-corrected chi connectivity index (χ3v) is 2.66. The fraction of sp³-hybridized carbons (Fsp3) is 0.182. The summed E-state index contributed by atoms with van der Waals surface area (Å²) in [7, 11) is 0. The maximum absolute atomic E-state index is 5.85. The molecule has 0 saturated heterocycles. The van der Waals surface area contributed by atoms with Crippen LogP contribution in [0.4, 0.5) is 0 Å². The number of nitrogens with zero attached hydrogens (tertiary/aromatic N) is 4. The molecule has 0 amide bonds. The van der Waals surface area contributed by atoms with Crippen LogP contribution in [0.5, 0.6) is 0 Å². The highest BCUT2D eigenvalue weighted by Gasteiger charge is 2.13. The quantitative estimate of drug-likeness (QED) is 0.700. The van der Waals surface area contributed by atoms with Crippen molar-refractivity contribution in [1.82, 2.24) is 19.8 Å². The van der Waals surface area contributed by atoms with Gasteiger partial charge in [-0.3, -0.25) is 0 Å². The fourth-order valence-corrected chi connectivity index (χ4v) is 1.75. The molecule has 86 valence electrons. The number of hydrogen-bond acceptors (Lipinski definition) is 4. The van der Waals surface area contributed by atoms with Gasteiger partial charge < -0.3 is 4.42 Å². The topological polar surface area (TPSA) is 56.2 Å². The van der Waals surface area contributed by atoms with E-state index in [1.165, 1.54) is 0 Å². The first-order valence-electron chi connectivity index (χ1n) is 5.25. The Kier molecular flexibility index (Phi) is 2.33. The lowest BCUT2D eigenvalue weighted by Crippen LogP contribution is -1.93. The molecular weight excluding hydrogens is 240 g/mol. The normalized spacial score (nSPS) is 11.2. The average molecular weight is 249 g/mol. The maximum atomic E-state index is 5.85. The monoisotopic (exact) mass is 248 g/mol. The highest BCUT2D eigenvalue weighted by atomic mass is 35.5. The van der Waals surface area contributed by atoms with Crippen LogP contribution in [0.2, 0.25) is 5.15 Å². The summed E-state index contributed by atoms with van der Waals surface area (Å²) in [5.74, 6) is 2.10. The zero-order chi connectivity index (χ0) is 11.8. The van der Waals surface area contributed by atoms with Gasteiger partial charge in [0.05, 0.1) is 0 Å². The SMILES string of the molecule is CCc1ccc(-c2nnc3ccc(Cl)nn23)o1. The maximum Gasteiger partial charge on any atom is 0.220 e. The Labute approximate surface area is 102 Å². The van der Waals surface area contributed by atoms with Gasteiger partial charge in [0.2, 0.25) is 5.82 Å². The Morgan fingerprint density at radius 3 is 2.88 bits per heavy atom. The summed E-state index contributed by atoms with van der Waals surface area (Å²) < 4.78 is 7.19. The molecule has 3 heterocycles. The molecule has 3 aromatic heterocycles. The van der Waals surface area contributed by atoms with E-state index in [0.29, 0.717) is 22.4 Å². The van der Waals surface area contributed by atoms with E-state index in [4.69, 9.17) is 16.0 Å². The van der Waals surface area contributed by atoms with Crippen LogP contribution in [-0.2, 0) is 6.42 Å². The van der Waals surface area contributed by atoms with Crippen molar-refractivity contribution in [2.75, 3.05) is 0 Å². The van der Waals surface area contributed by atoms with Gasteiger partial charge >= 0.3 is 0 Å². The van der Waals surface area contributed by atoms with E-state index in [1.54, 1.807) is 16.6 Å². The number of hydrogen-bond donors (Lipinski definition) is 0. The molecule has 0 radical (unpaired) electrons. The zero-order valence-electron chi connectivity index (χ0n) is 9.09. The molecule has 5 nitrogen and oxygen atoms in total. The van der Waals surface area contributed by atoms with Gasteiger partial charge in [-0.2, -0.15) is 9.61 Å². The van der Waals surface area contributed by atoms with Gasteiger partial charge in [0, 0.05) is 6.42 Å². The van der Waals surface area contributed by atoms with E-state index in [9.17, 15) is 0 Å². The number of rotatable bonds is 2. The van der Waals surface area contributed by atoms with Crippen molar-refractivity contribution in [3.63, 3.8) is 0 Å². The lowest BCUT2D eigenvalue weighted by molar-refractivity contribution is 0.524. The smallest absolute Gasteiger partial charge is 0.220 e. The molecular formula is C11H9ClN4O. The molecule has 0 aliphatic carbocycles. The summed E-state index contributed by atoms with van der Waals surface area (Å²) in [6.07, 6.45) is 0.838. The Morgan fingerprint density at radius 2 is 2.12 bits per heavy atom. The Morgan fingerprint density at radius 1 is 1.24 bits per heavy atom. The second-order valence-corrected chi connectivity index (χ2v) is 3.96. The standard InChI is InChI=1S/C11H9ClN4O/c1-2-7-3-4-8(17-7)11-14-13-10-6-5-9(12)15-16(10)11/h3-6H,2H2,1H3. The molecule has 0 N–H and O–H groups in total. The van der Waals surface area contributed by atoms with E-state index < -0.39 is 0 Å². The van der Waals surface area contributed by atoms with Crippen molar-refractivity contribution in [1.29, 1.82) is 0 Å². The minimum Gasteiger partial charge on any atom is -0.458 e. The third kappa shape index (κ3) is 1.68. The molecule has 0 saturated carbocycles. The number of furan rings is 1. The predicted molar refractivity (Wildman–Crippen MR) is 62.9 cm³/mol. The van der Waals surface area contributed by atoms with Crippen LogP contribution in [0.3, 0.4) is 0 Å². The van der Waals surface area contributed by atoms with Gasteiger partial charge in [-0.05, 0) is 24.3 Å². The van der Waals surface area contributed by atoms with Crippen LogP contribution in [-0.4, -0.2) is 19.8 Å². The summed E-state index contributed by atoms with van der Waals surface area (Å²) in [6.45, 7) is 2.03. The molecule has 0 bridgehead atoms. The number of halogens is 1. The van der Waals surface area contributed by atoms with Crippen LogP contribution < -0.4 is 0 Å². The van der Waals surface area contributed by atoms with Crippen molar-refractivity contribution < 1.29 is 4.42 Å². The van der Waals surface area contributed by atoms with E-state index in [1.807, 2.05) is 19.1 Å².